The van der Waals surface area contributed by atoms with Gasteiger partial charge in [0.1, 0.15) is 27.6 Å². The lowest BCUT2D eigenvalue weighted by atomic mass is 9.89. The van der Waals surface area contributed by atoms with Gasteiger partial charge in [-0.2, -0.15) is 0 Å². The number of nitrogens with one attached hydrogen (secondary N) is 1. The zero-order valence-corrected chi connectivity index (χ0v) is 25.6. The summed E-state index contributed by atoms with van der Waals surface area (Å²) in [5.74, 6) is -2.41. The Hall–Kier alpha value is -2.92. The lowest BCUT2D eigenvalue weighted by Gasteiger charge is -2.41. The Morgan fingerprint density at radius 1 is 0.977 bits per heavy atom. The van der Waals surface area contributed by atoms with Crippen LogP contribution in [0.4, 0.5) is 14.6 Å². The fraction of sp³-hybridized carbons (Fsp3) is 0.594. The topological polar surface area (TPSA) is 97.2 Å². The fourth-order valence-corrected chi connectivity index (χ4v) is 8.44. The van der Waals surface area contributed by atoms with Crippen LogP contribution in [0.1, 0.15) is 86.9 Å². The van der Waals surface area contributed by atoms with Crippen LogP contribution in [0, 0.1) is 5.92 Å². The number of alkyl halides is 2. The van der Waals surface area contributed by atoms with Crippen molar-refractivity contribution in [3.8, 4) is 0 Å². The summed E-state index contributed by atoms with van der Waals surface area (Å²) < 4.78 is 56.8. The minimum absolute atomic E-state index is 0.000643. The molecule has 7 rings (SSSR count). The van der Waals surface area contributed by atoms with Gasteiger partial charge in [0.15, 0.2) is 0 Å². The van der Waals surface area contributed by atoms with Gasteiger partial charge in [0, 0.05) is 43.2 Å². The zero-order valence-electron chi connectivity index (χ0n) is 24.8. The lowest BCUT2D eigenvalue weighted by molar-refractivity contribution is -0.0568. The van der Waals surface area contributed by atoms with Gasteiger partial charge >= 0.3 is 0 Å². The molecule has 4 aliphatic heterocycles. The highest BCUT2D eigenvalue weighted by atomic mass is 32.2. The SMILES string of the molecule is C[C@H]1Nc2ncnc3c2cc(C2CCS(=O)(=O)CC2)c(=O)n3CCCCCCCN2CC(C2)CC(F)(F)c2cccc1c2. The molecule has 6 heterocycles. The standard InChI is InChI=1S/C32H41F2N5O3S/c1-22-25-8-7-9-26(16-25)32(33,34)18-23-19-38(20-23)12-5-3-2-4-6-13-39-30-28(29(37-22)35-21-36-30)17-27(31(39)40)24-10-14-43(41,42)15-11-24/h7-9,16-17,21-24H,2-6,10-15,18-20H2,1H3,(H,35,36,37)/t22-/m1/s1. The van der Waals surface area contributed by atoms with Crippen molar-refractivity contribution in [2.45, 2.75) is 82.7 Å². The second-order valence-corrected chi connectivity index (χ2v) is 15.0. The highest BCUT2D eigenvalue weighted by molar-refractivity contribution is 7.91. The molecular formula is C32H41F2N5O3S. The van der Waals surface area contributed by atoms with Crippen LogP contribution in [0.5, 0.6) is 0 Å². The van der Waals surface area contributed by atoms with Crippen molar-refractivity contribution in [3.05, 3.63) is 63.7 Å². The van der Waals surface area contributed by atoms with Gasteiger partial charge in [-0.3, -0.25) is 9.36 Å². The van der Waals surface area contributed by atoms with Crippen LogP contribution in [0.25, 0.3) is 11.0 Å². The van der Waals surface area contributed by atoms with Crippen LogP contribution >= 0.6 is 0 Å². The second-order valence-electron chi connectivity index (χ2n) is 12.7. The summed E-state index contributed by atoms with van der Waals surface area (Å²) in [5, 5.41) is 4.09. The second kappa shape index (κ2) is 12.2. The van der Waals surface area contributed by atoms with E-state index >= 15 is 8.78 Å². The number of pyridine rings is 1. The molecule has 1 N–H and O–H groups in total. The van der Waals surface area contributed by atoms with Gasteiger partial charge in [-0.05, 0) is 68.7 Å². The molecule has 0 amide bonds. The van der Waals surface area contributed by atoms with Crippen LogP contribution in [0.2, 0.25) is 0 Å². The molecule has 0 radical (unpaired) electrons. The minimum atomic E-state index is -3.09. The summed E-state index contributed by atoms with van der Waals surface area (Å²) in [7, 11) is -3.09. The highest BCUT2D eigenvalue weighted by Gasteiger charge is 2.39. The van der Waals surface area contributed by atoms with Crippen molar-refractivity contribution in [2.24, 2.45) is 5.92 Å². The minimum Gasteiger partial charge on any atom is -0.363 e. The number of hydrogen-bond acceptors (Lipinski definition) is 7. The van der Waals surface area contributed by atoms with Crippen molar-refractivity contribution in [1.82, 2.24) is 19.4 Å². The summed E-state index contributed by atoms with van der Waals surface area (Å²) in [4.78, 5) is 25.2. The average Bonchev–Trinajstić information content (AvgIpc) is 2.96. The molecule has 8 bridgehead atoms. The van der Waals surface area contributed by atoms with Gasteiger partial charge in [0.25, 0.3) is 11.5 Å². The molecular weight excluding hydrogens is 572 g/mol. The van der Waals surface area contributed by atoms with Crippen molar-refractivity contribution in [1.29, 1.82) is 0 Å². The van der Waals surface area contributed by atoms with Gasteiger partial charge in [-0.15, -0.1) is 0 Å². The number of hydrogen-bond donors (Lipinski definition) is 1. The van der Waals surface area contributed by atoms with E-state index in [1.807, 2.05) is 19.1 Å². The molecule has 0 unspecified atom stereocenters. The van der Waals surface area contributed by atoms with Gasteiger partial charge in [0.05, 0.1) is 16.9 Å². The van der Waals surface area contributed by atoms with Gasteiger partial charge < -0.3 is 10.2 Å². The molecule has 2 fully saturated rings. The van der Waals surface area contributed by atoms with E-state index in [1.54, 1.807) is 16.7 Å². The van der Waals surface area contributed by atoms with Crippen molar-refractivity contribution in [2.75, 3.05) is 36.5 Å². The number of rotatable bonds is 1. The third-order valence-electron chi connectivity index (χ3n) is 9.50. The summed E-state index contributed by atoms with van der Waals surface area (Å²) in [6, 6.07) is 8.11. The van der Waals surface area contributed by atoms with Crippen LogP contribution < -0.4 is 10.9 Å². The van der Waals surface area contributed by atoms with Gasteiger partial charge in [0.2, 0.25) is 0 Å². The zero-order chi connectivity index (χ0) is 30.2. The van der Waals surface area contributed by atoms with Crippen LogP contribution in [0.15, 0.2) is 41.5 Å². The first-order valence-electron chi connectivity index (χ1n) is 15.7. The van der Waals surface area contributed by atoms with E-state index in [2.05, 4.69) is 20.2 Å². The Morgan fingerprint density at radius 2 is 1.70 bits per heavy atom. The van der Waals surface area contributed by atoms with Gasteiger partial charge in [-0.25, -0.2) is 27.2 Å². The number of halogens is 2. The molecule has 232 valence electrons. The monoisotopic (exact) mass is 613 g/mol. The lowest BCUT2D eigenvalue weighted by Crippen LogP contribution is -2.48. The third-order valence-corrected chi connectivity index (χ3v) is 11.2. The first kappa shape index (κ1) is 30.1. The molecule has 3 aromatic rings. The predicted octanol–water partition coefficient (Wildman–Crippen LogP) is 5.63. The van der Waals surface area contributed by atoms with Crippen LogP contribution in [-0.2, 0) is 22.3 Å². The number of aromatic nitrogens is 3. The predicted molar refractivity (Wildman–Crippen MR) is 164 cm³/mol. The highest BCUT2D eigenvalue weighted by Crippen LogP contribution is 2.39. The molecule has 2 saturated heterocycles. The summed E-state index contributed by atoms with van der Waals surface area (Å²) in [6.45, 7) is 4.81. The number of nitrogens with zero attached hydrogens (tertiary/aromatic N) is 4. The summed E-state index contributed by atoms with van der Waals surface area (Å²) in [6.07, 6.45) is 7.04. The molecule has 11 heteroatoms. The van der Waals surface area contributed by atoms with E-state index in [-0.39, 0.29) is 46.9 Å². The van der Waals surface area contributed by atoms with Gasteiger partial charge in [-0.1, -0.05) is 37.5 Å². The first-order chi connectivity index (χ1) is 20.6. The molecule has 43 heavy (non-hydrogen) atoms. The van der Waals surface area contributed by atoms with Crippen LogP contribution in [-0.4, -0.2) is 59.0 Å². The molecule has 0 saturated carbocycles. The molecule has 0 aliphatic carbocycles. The van der Waals surface area contributed by atoms with E-state index in [9.17, 15) is 13.2 Å². The smallest absolute Gasteiger partial charge is 0.273 e. The number of sulfone groups is 1. The van der Waals surface area contributed by atoms with E-state index in [0.29, 0.717) is 41.8 Å². The Bertz CT molecular complexity index is 1620. The van der Waals surface area contributed by atoms with E-state index in [0.717, 1.165) is 57.3 Å². The largest absolute Gasteiger partial charge is 0.363 e. The maximum absolute atomic E-state index is 15.4. The maximum Gasteiger partial charge on any atom is 0.273 e. The number of aryl methyl sites for hydroxylation is 1. The molecule has 1 atom stereocenters. The van der Waals surface area contributed by atoms with E-state index in [1.165, 1.54) is 12.4 Å². The normalized spacial score (nSPS) is 26.6. The van der Waals surface area contributed by atoms with Crippen LogP contribution in [0.3, 0.4) is 0 Å². The number of fused-ring (bicyclic) bond motifs is 8. The number of benzene rings is 1. The third kappa shape index (κ3) is 6.62. The Balaban J connectivity index is 1.37. The quantitative estimate of drug-likeness (QED) is 0.380. The van der Waals surface area contributed by atoms with Crippen molar-refractivity contribution in [3.63, 3.8) is 0 Å². The summed E-state index contributed by atoms with van der Waals surface area (Å²) in [5.41, 5.74) is 1.76. The maximum atomic E-state index is 15.4. The first-order valence-corrected chi connectivity index (χ1v) is 17.5. The molecule has 0 spiro atoms. The molecule has 2 aromatic heterocycles. The van der Waals surface area contributed by atoms with Crippen molar-refractivity contribution >= 4 is 26.7 Å². The summed E-state index contributed by atoms with van der Waals surface area (Å²) >= 11 is 0. The Kier molecular flexibility index (Phi) is 8.56. The average molecular weight is 614 g/mol. The Morgan fingerprint density at radius 3 is 2.47 bits per heavy atom. The fourth-order valence-electron chi connectivity index (χ4n) is 6.95. The molecule has 4 aliphatic rings. The molecule has 8 nitrogen and oxygen atoms in total. The molecule has 1 aromatic carbocycles. The van der Waals surface area contributed by atoms with E-state index in [4.69, 9.17) is 0 Å². The van der Waals surface area contributed by atoms with Crippen molar-refractivity contribution < 1.29 is 17.2 Å². The number of anilines is 1. The Labute approximate surface area is 251 Å². The van der Waals surface area contributed by atoms with E-state index < -0.39 is 15.8 Å².